The topological polar surface area (TPSA) is 101 Å². The molecule has 7 heteroatoms. The molecule has 0 aromatic heterocycles. The molecule has 0 unspecified atom stereocenters. The van der Waals surface area contributed by atoms with Gasteiger partial charge in [-0.15, -0.1) is 0 Å². The van der Waals surface area contributed by atoms with Crippen LogP contribution >= 0.6 is 0 Å². The number of rotatable bonds is 7. The Hall–Kier alpha value is -1.60. The van der Waals surface area contributed by atoms with E-state index in [4.69, 9.17) is 5.73 Å². The monoisotopic (exact) mass is 299 g/mol. The van der Waals surface area contributed by atoms with Crippen molar-refractivity contribution >= 4 is 21.6 Å². The molecule has 0 aliphatic carbocycles. The third kappa shape index (κ3) is 4.50. The molecule has 20 heavy (non-hydrogen) atoms. The van der Waals surface area contributed by atoms with Crippen molar-refractivity contribution in [2.75, 3.05) is 18.8 Å². The first-order chi connectivity index (χ1) is 9.38. The highest BCUT2D eigenvalue weighted by atomic mass is 32.2. The van der Waals surface area contributed by atoms with Crippen molar-refractivity contribution in [3.8, 4) is 0 Å². The van der Waals surface area contributed by atoms with Gasteiger partial charge in [0.25, 0.3) is 0 Å². The van der Waals surface area contributed by atoms with E-state index < -0.39 is 10.0 Å². The zero-order valence-corrected chi connectivity index (χ0v) is 12.6. The first-order valence-corrected chi connectivity index (χ1v) is 7.98. The van der Waals surface area contributed by atoms with Crippen LogP contribution in [0.15, 0.2) is 23.1 Å². The van der Waals surface area contributed by atoms with Gasteiger partial charge in [-0.1, -0.05) is 13.0 Å². The molecule has 1 rings (SSSR count). The molecule has 4 N–H and O–H groups in total. The van der Waals surface area contributed by atoms with Crippen molar-refractivity contribution in [3.63, 3.8) is 0 Å². The lowest BCUT2D eigenvalue weighted by atomic mass is 10.2. The minimum absolute atomic E-state index is 0.0616. The zero-order valence-electron chi connectivity index (χ0n) is 11.8. The van der Waals surface area contributed by atoms with Gasteiger partial charge in [0.15, 0.2) is 0 Å². The third-order valence-electron chi connectivity index (χ3n) is 2.83. The molecule has 1 aromatic rings. The number of amides is 1. The van der Waals surface area contributed by atoms with Gasteiger partial charge in [0.05, 0.1) is 4.90 Å². The van der Waals surface area contributed by atoms with Crippen molar-refractivity contribution in [2.45, 2.75) is 31.6 Å². The van der Waals surface area contributed by atoms with E-state index in [9.17, 15) is 13.2 Å². The fourth-order valence-corrected chi connectivity index (χ4v) is 2.96. The first kappa shape index (κ1) is 16.5. The predicted octanol–water partition coefficient (Wildman–Crippen LogP) is 0.772. The fourth-order valence-electron chi connectivity index (χ4n) is 1.65. The minimum Gasteiger partial charge on any atom is -0.398 e. The van der Waals surface area contributed by atoms with E-state index in [1.165, 1.54) is 6.07 Å². The Morgan fingerprint density at radius 3 is 2.65 bits per heavy atom. The lowest BCUT2D eigenvalue weighted by molar-refractivity contribution is -0.120. The minimum atomic E-state index is -3.64. The quantitative estimate of drug-likeness (QED) is 0.647. The number of nitrogen functional groups attached to an aromatic ring is 1. The number of nitrogens with one attached hydrogen (secondary N) is 2. The lowest BCUT2D eigenvalue weighted by Crippen LogP contribution is -2.31. The van der Waals surface area contributed by atoms with Crippen LogP contribution < -0.4 is 15.8 Å². The van der Waals surface area contributed by atoms with E-state index in [1.807, 2.05) is 6.92 Å². The Morgan fingerprint density at radius 2 is 2.00 bits per heavy atom. The molecule has 0 fully saturated rings. The van der Waals surface area contributed by atoms with E-state index in [0.29, 0.717) is 17.8 Å². The van der Waals surface area contributed by atoms with Gasteiger partial charge < -0.3 is 11.1 Å². The van der Waals surface area contributed by atoms with Gasteiger partial charge in [-0.25, -0.2) is 13.1 Å². The molecule has 0 saturated carbocycles. The van der Waals surface area contributed by atoms with Crippen LogP contribution in [0.1, 0.15) is 25.3 Å². The summed E-state index contributed by atoms with van der Waals surface area (Å²) in [5.74, 6) is -0.168. The molecule has 1 amide bonds. The van der Waals surface area contributed by atoms with E-state index in [2.05, 4.69) is 10.0 Å². The number of sulfonamides is 1. The molecular formula is C13H21N3O3S. The molecule has 0 radical (unpaired) electrons. The second-order valence-electron chi connectivity index (χ2n) is 4.47. The number of benzene rings is 1. The molecular weight excluding hydrogens is 278 g/mol. The molecule has 0 saturated heterocycles. The smallest absolute Gasteiger partial charge is 0.240 e. The molecule has 0 spiro atoms. The van der Waals surface area contributed by atoms with Crippen molar-refractivity contribution in [2.24, 2.45) is 0 Å². The Labute approximate surface area is 119 Å². The number of nitrogens with two attached hydrogens (primary N) is 1. The SMILES string of the molecule is CCCNC(=O)CCNS(=O)(=O)c1cccc(N)c1C. The number of carbonyl (C=O) groups is 1. The molecule has 1 aromatic carbocycles. The third-order valence-corrected chi connectivity index (χ3v) is 4.44. The predicted molar refractivity (Wildman–Crippen MR) is 78.7 cm³/mol. The summed E-state index contributed by atoms with van der Waals surface area (Å²) in [6.07, 6.45) is 0.959. The second kappa shape index (κ2) is 7.25. The highest BCUT2D eigenvalue weighted by Crippen LogP contribution is 2.19. The Kier molecular flexibility index (Phi) is 5.97. The molecule has 0 aliphatic heterocycles. The summed E-state index contributed by atoms with van der Waals surface area (Å²) in [6.45, 7) is 4.26. The summed E-state index contributed by atoms with van der Waals surface area (Å²) >= 11 is 0. The van der Waals surface area contributed by atoms with Gasteiger partial charge in [0.1, 0.15) is 0 Å². The van der Waals surface area contributed by atoms with Crippen LogP contribution in [0, 0.1) is 6.92 Å². The lowest BCUT2D eigenvalue weighted by Gasteiger charge is -2.10. The Balaban J connectivity index is 2.63. The van der Waals surface area contributed by atoms with Crippen LogP contribution in [0.4, 0.5) is 5.69 Å². The maximum atomic E-state index is 12.1. The van der Waals surface area contributed by atoms with Crippen LogP contribution in [-0.2, 0) is 14.8 Å². The van der Waals surface area contributed by atoms with Crippen LogP contribution in [0.25, 0.3) is 0 Å². The van der Waals surface area contributed by atoms with Crippen LogP contribution in [0.5, 0.6) is 0 Å². The summed E-state index contributed by atoms with van der Waals surface area (Å²) in [5.41, 5.74) is 6.63. The summed E-state index contributed by atoms with van der Waals surface area (Å²) in [4.78, 5) is 11.5. The van der Waals surface area contributed by atoms with Crippen molar-refractivity contribution in [3.05, 3.63) is 23.8 Å². The van der Waals surface area contributed by atoms with Gasteiger partial charge in [-0.2, -0.15) is 0 Å². The number of hydrogen-bond donors (Lipinski definition) is 3. The maximum absolute atomic E-state index is 12.1. The van der Waals surface area contributed by atoms with Crippen molar-refractivity contribution < 1.29 is 13.2 Å². The summed E-state index contributed by atoms with van der Waals surface area (Å²) in [6, 6.07) is 4.72. The Morgan fingerprint density at radius 1 is 1.30 bits per heavy atom. The van der Waals surface area contributed by atoms with E-state index >= 15 is 0 Å². The molecule has 0 bridgehead atoms. The van der Waals surface area contributed by atoms with E-state index in [0.717, 1.165) is 6.42 Å². The molecule has 0 aliphatic rings. The fraction of sp³-hybridized carbons (Fsp3) is 0.462. The van der Waals surface area contributed by atoms with E-state index in [-0.39, 0.29) is 23.8 Å². The van der Waals surface area contributed by atoms with Gasteiger partial charge in [-0.3, -0.25) is 4.79 Å². The number of anilines is 1. The summed E-state index contributed by atoms with van der Waals surface area (Å²) in [7, 11) is -3.64. The number of carbonyl (C=O) groups excluding carboxylic acids is 1. The summed E-state index contributed by atoms with van der Waals surface area (Å²) < 4.78 is 26.6. The average Bonchev–Trinajstić information content (AvgIpc) is 2.39. The number of hydrogen-bond acceptors (Lipinski definition) is 4. The maximum Gasteiger partial charge on any atom is 0.240 e. The molecule has 0 atom stereocenters. The molecule has 6 nitrogen and oxygen atoms in total. The Bertz CT molecular complexity index is 570. The van der Waals surface area contributed by atoms with Crippen molar-refractivity contribution in [1.29, 1.82) is 0 Å². The van der Waals surface area contributed by atoms with Gasteiger partial charge >= 0.3 is 0 Å². The normalized spacial score (nSPS) is 11.3. The van der Waals surface area contributed by atoms with E-state index in [1.54, 1.807) is 19.1 Å². The van der Waals surface area contributed by atoms with Gasteiger partial charge in [0, 0.05) is 25.2 Å². The van der Waals surface area contributed by atoms with Crippen molar-refractivity contribution in [1.82, 2.24) is 10.0 Å². The van der Waals surface area contributed by atoms with Crippen LogP contribution in [0.3, 0.4) is 0 Å². The highest BCUT2D eigenvalue weighted by molar-refractivity contribution is 7.89. The molecule has 112 valence electrons. The second-order valence-corrected chi connectivity index (χ2v) is 6.20. The first-order valence-electron chi connectivity index (χ1n) is 6.50. The standard InChI is InChI=1S/C13H21N3O3S/c1-3-8-15-13(17)7-9-16-20(18,19)12-6-4-5-11(14)10(12)2/h4-6,16H,3,7-9,14H2,1-2H3,(H,15,17). The largest absolute Gasteiger partial charge is 0.398 e. The molecule has 0 heterocycles. The summed E-state index contributed by atoms with van der Waals surface area (Å²) in [5, 5.41) is 2.69. The van der Waals surface area contributed by atoms with Gasteiger partial charge in [0.2, 0.25) is 15.9 Å². The average molecular weight is 299 g/mol. The zero-order chi connectivity index (χ0) is 15.2. The van der Waals surface area contributed by atoms with Crippen LogP contribution in [-0.4, -0.2) is 27.4 Å². The van der Waals surface area contributed by atoms with Crippen LogP contribution in [0.2, 0.25) is 0 Å². The van der Waals surface area contributed by atoms with Gasteiger partial charge in [-0.05, 0) is 31.0 Å². The highest BCUT2D eigenvalue weighted by Gasteiger charge is 2.17.